The van der Waals surface area contributed by atoms with E-state index in [1.54, 1.807) is 0 Å². The average molecular weight is 442 g/mol. The van der Waals surface area contributed by atoms with Crippen LogP contribution in [-0.4, -0.2) is 28.7 Å². The van der Waals surface area contributed by atoms with Crippen molar-refractivity contribution < 1.29 is 19.4 Å². The van der Waals surface area contributed by atoms with E-state index in [-0.39, 0.29) is 12.5 Å². The van der Waals surface area contributed by atoms with Gasteiger partial charge in [-0.25, -0.2) is 4.79 Å². The lowest BCUT2D eigenvalue weighted by Crippen LogP contribution is -2.11. The zero-order valence-electron chi connectivity index (χ0n) is 14.0. The number of allylic oxidation sites excluding steroid dienone is 4. The summed E-state index contributed by atoms with van der Waals surface area (Å²) in [6.45, 7) is 4.60. The molecule has 5 heteroatoms. The van der Waals surface area contributed by atoms with E-state index in [2.05, 4.69) is 54.7 Å². The molecule has 0 saturated heterocycles. The number of carboxylic acids is 1. The number of alkyl halides is 1. The van der Waals surface area contributed by atoms with Gasteiger partial charge in [0.2, 0.25) is 0 Å². The van der Waals surface area contributed by atoms with Crippen LogP contribution in [0, 0.1) is 0 Å². The lowest BCUT2D eigenvalue weighted by atomic mass is 9.92. The van der Waals surface area contributed by atoms with Crippen LogP contribution >= 0.6 is 22.6 Å². The lowest BCUT2D eigenvalue weighted by molar-refractivity contribution is -0.139. The number of benzene rings is 1. The molecule has 24 heavy (non-hydrogen) atoms. The Kier molecular flexibility index (Phi) is 7.15. The van der Waals surface area contributed by atoms with Crippen molar-refractivity contribution in [2.75, 3.05) is 17.6 Å². The van der Waals surface area contributed by atoms with E-state index >= 15 is 0 Å². The molecule has 0 amide bonds. The molecule has 0 radical (unpaired) electrons. The molecule has 0 fully saturated rings. The van der Waals surface area contributed by atoms with Gasteiger partial charge >= 0.3 is 5.97 Å². The summed E-state index contributed by atoms with van der Waals surface area (Å²) in [6.07, 6.45) is 6.02. The SMILES string of the molecule is CC(C)c1cc(C2=CC=C(OCCI)CC2)ccc1OCC(=O)O. The standard InChI is InChI=1S/C19H23IO4/c1-13(2)17-11-15(5-8-18(17)24-12-19(21)22)14-3-6-16(7-4-14)23-10-9-20/h3,5-6,8,11,13H,4,7,9-10,12H2,1-2H3,(H,21,22). The van der Waals surface area contributed by atoms with Gasteiger partial charge < -0.3 is 14.6 Å². The first kappa shape index (κ1) is 18.8. The highest BCUT2D eigenvalue weighted by molar-refractivity contribution is 14.1. The van der Waals surface area contributed by atoms with Gasteiger partial charge in [0, 0.05) is 10.8 Å². The van der Waals surface area contributed by atoms with Gasteiger partial charge in [0.05, 0.1) is 12.4 Å². The third kappa shape index (κ3) is 5.26. The molecule has 0 heterocycles. The van der Waals surface area contributed by atoms with E-state index < -0.39 is 5.97 Å². The molecular formula is C19H23IO4. The Hall–Kier alpha value is -1.50. The van der Waals surface area contributed by atoms with Crippen LogP contribution in [0.15, 0.2) is 36.1 Å². The maximum absolute atomic E-state index is 10.7. The van der Waals surface area contributed by atoms with E-state index in [0.717, 1.165) is 40.8 Å². The number of hydrogen-bond acceptors (Lipinski definition) is 3. The van der Waals surface area contributed by atoms with Gasteiger partial charge in [0.15, 0.2) is 6.61 Å². The van der Waals surface area contributed by atoms with Crippen LogP contribution in [0.1, 0.15) is 43.7 Å². The van der Waals surface area contributed by atoms with Crippen LogP contribution in [0.25, 0.3) is 5.57 Å². The van der Waals surface area contributed by atoms with Crippen LogP contribution in [0.5, 0.6) is 5.75 Å². The molecule has 1 aromatic carbocycles. The fraction of sp³-hybridized carbons (Fsp3) is 0.421. The number of ether oxygens (including phenoxy) is 2. The van der Waals surface area contributed by atoms with Gasteiger partial charge in [-0.2, -0.15) is 0 Å². The van der Waals surface area contributed by atoms with Crippen molar-refractivity contribution in [2.24, 2.45) is 0 Å². The van der Waals surface area contributed by atoms with E-state index in [1.165, 1.54) is 5.57 Å². The summed E-state index contributed by atoms with van der Waals surface area (Å²) >= 11 is 2.30. The summed E-state index contributed by atoms with van der Waals surface area (Å²) in [5.41, 5.74) is 3.46. The second kappa shape index (κ2) is 9.11. The van der Waals surface area contributed by atoms with Gasteiger partial charge in [-0.1, -0.05) is 48.6 Å². The largest absolute Gasteiger partial charge is 0.497 e. The predicted octanol–water partition coefficient (Wildman–Crippen LogP) is 4.79. The van der Waals surface area contributed by atoms with E-state index in [0.29, 0.717) is 5.75 Å². The van der Waals surface area contributed by atoms with Crippen LogP contribution in [0.2, 0.25) is 0 Å². The Balaban J connectivity index is 2.19. The minimum atomic E-state index is -0.965. The highest BCUT2D eigenvalue weighted by Gasteiger charge is 2.14. The molecule has 0 bridgehead atoms. The molecule has 1 aromatic rings. The minimum Gasteiger partial charge on any atom is -0.497 e. The summed E-state index contributed by atoms with van der Waals surface area (Å²) < 4.78 is 12.1. The average Bonchev–Trinajstić information content (AvgIpc) is 2.58. The second-order valence-corrected chi connectivity index (χ2v) is 7.03. The van der Waals surface area contributed by atoms with Crippen molar-refractivity contribution in [2.45, 2.75) is 32.6 Å². The van der Waals surface area contributed by atoms with Crippen molar-refractivity contribution in [3.63, 3.8) is 0 Å². The van der Waals surface area contributed by atoms with Crippen molar-refractivity contribution in [1.29, 1.82) is 0 Å². The maximum Gasteiger partial charge on any atom is 0.341 e. The Morgan fingerprint density at radius 1 is 1.25 bits per heavy atom. The Morgan fingerprint density at radius 2 is 2.04 bits per heavy atom. The summed E-state index contributed by atoms with van der Waals surface area (Å²) in [4.78, 5) is 10.7. The van der Waals surface area contributed by atoms with Crippen LogP contribution in [-0.2, 0) is 9.53 Å². The first-order chi connectivity index (χ1) is 11.5. The Bertz CT molecular complexity index is 647. The molecule has 4 nitrogen and oxygen atoms in total. The van der Waals surface area contributed by atoms with Crippen LogP contribution in [0.4, 0.5) is 0 Å². The monoisotopic (exact) mass is 442 g/mol. The zero-order chi connectivity index (χ0) is 17.5. The second-order valence-electron chi connectivity index (χ2n) is 5.95. The summed E-state index contributed by atoms with van der Waals surface area (Å²) in [6, 6.07) is 5.98. The number of carboxylic acid groups (broad SMARTS) is 1. The number of halogens is 1. The molecule has 2 rings (SSSR count). The number of hydrogen-bond donors (Lipinski definition) is 1. The number of rotatable bonds is 8. The maximum atomic E-state index is 10.7. The predicted molar refractivity (Wildman–Crippen MR) is 104 cm³/mol. The Morgan fingerprint density at radius 3 is 2.62 bits per heavy atom. The van der Waals surface area contributed by atoms with Crippen molar-refractivity contribution in [3.8, 4) is 5.75 Å². The lowest BCUT2D eigenvalue weighted by Gasteiger charge is -2.18. The summed E-state index contributed by atoms with van der Waals surface area (Å²) in [7, 11) is 0. The molecule has 1 N–H and O–H groups in total. The number of aliphatic carboxylic acids is 1. The van der Waals surface area contributed by atoms with Crippen LogP contribution in [0.3, 0.4) is 0 Å². The van der Waals surface area contributed by atoms with Gasteiger partial charge in [-0.3, -0.25) is 0 Å². The van der Waals surface area contributed by atoms with Crippen molar-refractivity contribution in [3.05, 3.63) is 47.2 Å². The molecule has 0 atom stereocenters. The molecule has 0 aromatic heterocycles. The van der Waals surface area contributed by atoms with Crippen LogP contribution < -0.4 is 4.74 Å². The van der Waals surface area contributed by atoms with Crippen molar-refractivity contribution >= 4 is 34.1 Å². The minimum absolute atomic E-state index is 0.260. The third-order valence-corrected chi connectivity index (χ3v) is 4.27. The molecule has 1 aliphatic carbocycles. The normalized spacial score (nSPS) is 14.2. The molecular weight excluding hydrogens is 419 g/mol. The van der Waals surface area contributed by atoms with Gasteiger partial charge in [0.1, 0.15) is 5.75 Å². The van der Waals surface area contributed by atoms with Crippen molar-refractivity contribution in [1.82, 2.24) is 0 Å². The fourth-order valence-electron chi connectivity index (χ4n) is 2.62. The fourth-order valence-corrected chi connectivity index (χ4v) is 2.84. The first-order valence-electron chi connectivity index (χ1n) is 8.08. The summed E-state index contributed by atoms with van der Waals surface area (Å²) in [5, 5.41) is 8.80. The van der Waals surface area contributed by atoms with Gasteiger partial charge in [-0.05, 0) is 47.2 Å². The molecule has 1 aliphatic rings. The Labute approximate surface area is 156 Å². The molecule has 0 aliphatic heterocycles. The molecule has 0 saturated carbocycles. The highest BCUT2D eigenvalue weighted by Crippen LogP contribution is 2.33. The molecule has 0 spiro atoms. The molecule has 130 valence electrons. The zero-order valence-corrected chi connectivity index (χ0v) is 16.2. The van der Waals surface area contributed by atoms with Gasteiger partial charge in [-0.15, -0.1) is 0 Å². The summed E-state index contributed by atoms with van der Waals surface area (Å²) in [5.74, 6) is 0.985. The topological polar surface area (TPSA) is 55.8 Å². The van der Waals surface area contributed by atoms with Gasteiger partial charge in [0.25, 0.3) is 0 Å². The van der Waals surface area contributed by atoms with E-state index in [9.17, 15) is 4.79 Å². The number of carbonyl (C=O) groups is 1. The quantitative estimate of drug-likeness (QED) is 0.465. The first-order valence-corrected chi connectivity index (χ1v) is 9.61. The molecule has 0 unspecified atom stereocenters. The van der Waals surface area contributed by atoms with E-state index in [4.69, 9.17) is 14.6 Å². The third-order valence-electron chi connectivity index (χ3n) is 3.83. The highest BCUT2D eigenvalue weighted by atomic mass is 127. The smallest absolute Gasteiger partial charge is 0.341 e. The van der Waals surface area contributed by atoms with E-state index in [1.807, 2.05) is 12.1 Å².